The molecular weight excluding hydrogens is 148 g/mol. The Labute approximate surface area is 73.6 Å². The van der Waals surface area contributed by atoms with E-state index >= 15 is 0 Å². The van der Waals surface area contributed by atoms with Crippen molar-refractivity contribution >= 4 is 5.69 Å². The van der Waals surface area contributed by atoms with Crippen LogP contribution in [0.25, 0.3) is 0 Å². The van der Waals surface area contributed by atoms with Crippen molar-refractivity contribution in [1.82, 2.24) is 0 Å². The van der Waals surface area contributed by atoms with Gasteiger partial charge < -0.3 is 11.5 Å². The van der Waals surface area contributed by atoms with E-state index in [0.29, 0.717) is 6.54 Å². The maximum absolute atomic E-state index is 5.84. The number of aryl methyl sites for hydroxylation is 2. The van der Waals surface area contributed by atoms with Gasteiger partial charge in [0.25, 0.3) is 0 Å². The molecule has 0 aromatic heterocycles. The Morgan fingerprint density at radius 3 is 2.50 bits per heavy atom. The van der Waals surface area contributed by atoms with Crippen molar-refractivity contribution in [2.24, 2.45) is 5.73 Å². The maximum atomic E-state index is 5.84. The normalized spacial score (nSPS) is 10.2. The van der Waals surface area contributed by atoms with Crippen LogP contribution >= 0.6 is 0 Å². The zero-order chi connectivity index (χ0) is 9.14. The molecule has 0 fully saturated rings. The van der Waals surface area contributed by atoms with Crippen LogP contribution in [0.4, 0.5) is 5.69 Å². The molecule has 2 nitrogen and oxygen atoms in total. The molecule has 0 spiro atoms. The Morgan fingerprint density at radius 1 is 1.33 bits per heavy atom. The van der Waals surface area contributed by atoms with Gasteiger partial charge in [0.15, 0.2) is 0 Å². The Hall–Kier alpha value is -1.02. The van der Waals surface area contributed by atoms with E-state index in [4.69, 9.17) is 11.5 Å². The predicted molar refractivity (Wildman–Crippen MR) is 52.9 cm³/mol. The number of rotatable bonds is 2. The average molecular weight is 164 g/mol. The molecule has 0 unspecified atom stereocenters. The largest absolute Gasteiger partial charge is 0.398 e. The molecule has 4 N–H and O–H groups in total. The first-order valence-electron chi connectivity index (χ1n) is 4.27. The molecule has 0 bridgehead atoms. The summed E-state index contributed by atoms with van der Waals surface area (Å²) in [6, 6.07) is 4.21. The molecule has 1 aromatic carbocycles. The maximum Gasteiger partial charge on any atom is 0.0389 e. The van der Waals surface area contributed by atoms with Crippen LogP contribution in [0, 0.1) is 6.92 Å². The fourth-order valence-electron chi connectivity index (χ4n) is 1.33. The zero-order valence-electron chi connectivity index (χ0n) is 7.72. The van der Waals surface area contributed by atoms with Gasteiger partial charge in [-0.3, -0.25) is 0 Å². The van der Waals surface area contributed by atoms with E-state index in [1.165, 1.54) is 5.56 Å². The average Bonchev–Trinajstić information content (AvgIpc) is 2.09. The minimum atomic E-state index is 0.528. The highest BCUT2D eigenvalue weighted by Crippen LogP contribution is 2.19. The predicted octanol–water partition coefficient (Wildman–Crippen LogP) is 1.60. The van der Waals surface area contributed by atoms with E-state index in [1.54, 1.807) is 0 Å². The summed E-state index contributed by atoms with van der Waals surface area (Å²) >= 11 is 0. The number of nitrogens with two attached hydrogens (primary N) is 2. The van der Waals surface area contributed by atoms with Crippen molar-refractivity contribution in [1.29, 1.82) is 0 Å². The lowest BCUT2D eigenvalue weighted by atomic mass is 10.0. The molecule has 0 heterocycles. The molecule has 0 saturated heterocycles. The van der Waals surface area contributed by atoms with Gasteiger partial charge in [-0.05, 0) is 30.0 Å². The van der Waals surface area contributed by atoms with E-state index in [2.05, 4.69) is 19.1 Å². The third-order valence-electron chi connectivity index (χ3n) is 2.16. The Balaban J connectivity index is 3.19. The lowest BCUT2D eigenvalue weighted by molar-refractivity contribution is 1.04. The van der Waals surface area contributed by atoms with E-state index < -0.39 is 0 Å². The van der Waals surface area contributed by atoms with Crippen molar-refractivity contribution in [2.45, 2.75) is 26.8 Å². The van der Waals surface area contributed by atoms with Crippen molar-refractivity contribution in [2.75, 3.05) is 5.73 Å². The first kappa shape index (κ1) is 9.07. The second kappa shape index (κ2) is 3.59. The Bertz CT molecular complexity index is 279. The number of benzene rings is 1. The van der Waals surface area contributed by atoms with Crippen LogP contribution < -0.4 is 11.5 Å². The summed E-state index contributed by atoms with van der Waals surface area (Å²) in [7, 11) is 0. The van der Waals surface area contributed by atoms with Gasteiger partial charge in [0.1, 0.15) is 0 Å². The van der Waals surface area contributed by atoms with Gasteiger partial charge in [0.05, 0.1) is 0 Å². The Morgan fingerprint density at radius 2 is 2.00 bits per heavy atom. The van der Waals surface area contributed by atoms with Crippen LogP contribution in [0.2, 0.25) is 0 Å². The molecule has 0 saturated carbocycles. The van der Waals surface area contributed by atoms with Gasteiger partial charge in [-0.1, -0.05) is 19.1 Å². The molecule has 2 heteroatoms. The molecule has 0 atom stereocenters. The summed E-state index contributed by atoms with van der Waals surface area (Å²) in [4.78, 5) is 0. The number of anilines is 1. The van der Waals surface area contributed by atoms with Crippen LogP contribution in [-0.2, 0) is 13.0 Å². The van der Waals surface area contributed by atoms with Crippen LogP contribution in [0.5, 0.6) is 0 Å². The van der Waals surface area contributed by atoms with Gasteiger partial charge >= 0.3 is 0 Å². The smallest absolute Gasteiger partial charge is 0.0389 e. The van der Waals surface area contributed by atoms with Crippen LogP contribution in [0.3, 0.4) is 0 Å². The Kier molecular flexibility index (Phi) is 2.71. The standard InChI is InChI=1S/C10H16N2/c1-3-8-4-7(2)10(12)9(5-8)6-11/h4-5H,3,6,11-12H2,1-2H3. The topological polar surface area (TPSA) is 52.0 Å². The van der Waals surface area contributed by atoms with E-state index in [1.807, 2.05) is 6.92 Å². The summed E-state index contributed by atoms with van der Waals surface area (Å²) < 4.78 is 0. The molecule has 1 rings (SSSR count). The van der Waals surface area contributed by atoms with Gasteiger partial charge in [-0.2, -0.15) is 0 Å². The molecule has 0 aliphatic heterocycles. The summed E-state index contributed by atoms with van der Waals surface area (Å²) in [6.45, 7) is 4.68. The minimum Gasteiger partial charge on any atom is -0.398 e. The lowest BCUT2D eigenvalue weighted by Crippen LogP contribution is -2.04. The third-order valence-corrected chi connectivity index (χ3v) is 2.16. The highest BCUT2D eigenvalue weighted by Gasteiger charge is 2.01. The minimum absolute atomic E-state index is 0.528. The van der Waals surface area contributed by atoms with Crippen LogP contribution in [0.15, 0.2) is 12.1 Å². The second-order valence-electron chi connectivity index (χ2n) is 3.04. The summed E-state index contributed by atoms with van der Waals surface area (Å²) in [5.74, 6) is 0. The quantitative estimate of drug-likeness (QED) is 0.652. The molecular formula is C10H16N2. The summed E-state index contributed by atoms with van der Waals surface area (Å²) in [5.41, 5.74) is 15.7. The molecule has 12 heavy (non-hydrogen) atoms. The first-order valence-corrected chi connectivity index (χ1v) is 4.27. The summed E-state index contributed by atoms with van der Waals surface area (Å²) in [6.07, 6.45) is 1.04. The number of nitrogen functional groups attached to an aromatic ring is 1. The van der Waals surface area contributed by atoms with Crippen molar-refractivity contribution in [3.8, 4) is 0 Å². The fraction of sp³-hybridized carbons (Fsp3) is 0.400. The van der Waals surface area contributed by atoms with E-state index in [0.717, 1.165) is 23.2 Å². The molecule has 0 radical (unpaired) electrons. The van der Waals surface area contributed by atoms with E-state index in [9.17, 15) is 0 Å². The van der Waals surface area contributed by atoms with Crippen LogP contribution in [-0.4, -0.2) is 0 Å². The summed E-state index contributed by atoms with van der Waals surface area (Å²) in [5, 5.41) is 0. The highest BCUT2D eigenvalue weighted by molar-refractivity contribution is 5.55. The van der Waals surface area contributed by atoms with Crippen molar-refractivity contribution in [3.63, 3.8) is 0 Å². The SMILES string of the molecule is CCc1cc(C)c(N)c(CN)c1. The first-order chi connectivity index (χ1) is 5.69. The van der Waals surface area contributed by atoms with Gasteiger partial charge in [0, 0.05) is 12.2 Å². The molecule has 1 aromatic rings. The van der Waals surface area contributed by atoms with Crippen LogP contribution in [0.1, 0.15) is 23.6 Å². The highest BCUT2D eigenvalue weighted by atomic mass is 14.6. The third kappa shape index (κ3) is 1.59. The molecule has 0 aliphatic carbocycles. The number of hydrogen-bond acceptors (Lipinski definition) is 2. The second-order valence-corrected chi connectivity index (χ2v) is 3.04. The van der Waals surface area contributed by atoms with Gasteiger partial charge in [-0.15, -0.1) is 0 Å². The zero-order valence-corrected chi connectivity index (χ0v) is 7.72. The van der Waals surface area contributed by atoms with E-state index in [-0.39, 0.29) is 0 Å². The molecule has 0 aliphatic rings. The van der Waals surface area contributed by atoms with Crippen molar-refractivity contribution < 1.29 is 0 Å². The lowest BCUT2D eigenvalue weighted by Gasteiger charge is -2.08. The van der Waals surface area contributed by atoms with Gasteiger partial charge in [0.2, 0.25) is 0 Å². The molecule has 0 amide bonds. The van der Waals surface area contributed by atoms with Gasteiger partial charge in [-0.25, -0.2) is 0 Å². The monoisotopic (exact) mass is 164 g/mol. The molecule has 66 valence electrons. The fourth-order valence-corrected chi connectivity index (χ4v) is 1.33. The number of hydrogen-bond donors (Lipinski definition) is 2. The van der Waals surface area contributed by atoms with Crippen molar-refractivity contribution in [3.05, 3.63) is 28.8 Å².